The first-order chi connectivity index (χ1) is 6.21. The zero-order valence-corrected chi connectivity index (χ0v) is 8.59. The highest BCUT2D eigenvalue weighted by Gasteiger charge is 2.60. The number of hydrogen-bond donors (Lipinski definition) is 1. The molecule has 0 fully saturated rings. The van der Waals surface area contributed by atoms with E-state index in [2.05, 4.69) is 0 Å². The van der Waals surface area contributed by atoms with Gasteiger partial charge in [0.2, 0.25) is 0 Å². The van der Waals surface area contributed by atoms with Crippen LogP contribution in [0.2, 0.25) is 0 Å². The molecule has 15 heavy (non-hydrogen) atoms. The Hall–Kier alpha value is -0.440. The third kappa shape index (κ3) is 3.26. The van der Waals surface area contributed by atoms with E-state index in [4.69, 9.17) is 4.55 Å². The van der Waals surface area contributed by atoms with Crippen molar-refractivity contribution in [3.8, 4) is 0 Å². The molecule has 0 aromatic carbocycles. The summed E-state index contributed by atoms with van der Waals surface area (Å²) >= 11 is 0. The van der Waals surface area contributed by atoms with Gasteiger partial charge >= 0.3 is 21.5 Å². The summed E-state index contributed by atoms with van der Waals surface area (Å²) in [6.45, 7) is 0.822. The van der Waals surface area contributed by atoms with Crippen molar-refractivity contribution >= 4 is 10.1 Å². The van der Waals surface area contributed by atoms with E-state index in [9.17, 15) is 30.4 Å². The van der Waals surface area contributed by atoms with Gasteiger partial charge in [-0.15, -0.1) is 0 Å². The predicted octanol–water partition coefficient (Wildman–Crippen LogP) is 2.45. The highest BCUT2D eigenvalue weighted by Crippen LogP contribution is 2.46. The topological polar surface area (TPSA) is 54.4 Å². The number of alkyl halides is 5. The van der Waals surface area contributed by atoms with Gasteiger partial charge in [0.1, 0.15) is 0 Å². The Labute approximate surface area is 83.0 Å². The third-order valence-electron chi connectivity index (χ3n) is 1.75. The van der Waals surface area contributed by atoms with E-state index in [0.717, 1.165) is 0 Å². The molecule has 0 bridgehead atoms. The van der Waals surface area contributed by atoms with E-state index in [1.165, 1.54) is 0 Å². The maximum absolute atomic E-state index is 12.9. The van der Waals surface area contributed by atoms with Gasteiger partial charge in [0.15, 0.2) is 0 Å². The van der Waals surface area contributed by atoms with Gasteiger partial charge in [0.05, 0.1) is 11.8 Å². The largest absolute Gasteiger partial charge is 0.389 e. The molecule has 0 aliphatic heterocycles. The van der Waals surface area contributed by atoms with Crippen molar-refractivity contribution in [2.24, 2.45) is 5.41 Å². The normalized spacial score (nSPS) is 15.5. The molecule has 0 spiro atoms. The van der Waals surface area contributed by atoms with Crippen LogP contribution in [0.1, 0.15) is 20.3 Å². The Morgan fingerprint density at radius 3 is 1.60 bits per heavy atom. The second kappa shape index (κ2) is 3.55. The van der Waals surface area contributed by atoms with Gasteiger partial charge < -0.3 is 0 Å². The van der Waals surface area contributed by atoms with Gasteiger partial charge in [0.25, 0.3) is 0 Å². The van der Waals surface area contributed by atoms with Crippen LogP contribution in [-0.2, 0) is 10.1 Å². The lowest BCUT2D eigenvalue weighted by Gasteiger charge is -2.31. The Balaban J connectivity index is 5.21. The summed E-state index contributed by atoms with van der Waals surface area (Å²) in [5, 5.41) is -4.85. The Bertz CT molecular complexity index is 329. The van der Waals surface area contributed by atoms with E-state index < -0.39 is 33.4 Å². The molecule has 0 aliphatic rings. The van der Waals surface area contributed by atoms with Crippen molar-refractivity contribution in [1.82, 2.24) is 0 Å². The SMILES string of the molecule is CC(C)(CC(F)(F)F)C(F)(F)S(=O)(=O)O. The minimum absolute atomic E-state index is 0.411. The summed E-state index contributed by atoms with van der Waals surface area (Å²) < 4.78 is 90.0. The Kier molecular flexibility index (Phi) is 3.44. The first-order valence-corrected chi connectivity index (χ1v) is 5.06. The van der Waals surface area contributed by atoms with Crippen molar-refractivity contribution < 1.29 is 34.9 Å². The van der Waals surface area contributed by atoms with E-state index in [1.807, 2.05) is 0 Å². The van der Waals surface area contributed by atoms with Gasteiger partial charge in [-0.2, -0.15) is 30.4 Å². The van der Waals surface area contributed by atoms with Gasteiger partial charge in [-0.3, -0.25) is 4.55 Å². The lowest BCUT2D eigenvalue weighted by atomic mass is 9.89. The first-order valence-electron chi connectivity index (χ1n) is 3.62. The summed E-state index contributed by atoms with van der Waals surface area (Å²) in [6.07, 6.45) is -6.97. The fraction of sp³-hybridized carbons (Fsp3) is 1.00. The van der Waals surface area contributed by atoms with Gasteiger partial charge in [0, 0.05) is 0 Å². The highest BCUT2D eigenvalue weighted by molar-refractivity contribution is 7.86. The van der Waals surface area contributed by atoms with Crippen LogP contribution >= 0.6 is 0 Å². The van der Waals surface area contributed by atoms with Gasteiger partial charge in [-0.1, -0.05) is 13.8 Å². The maximum Gasteiger partial charge on any atom is 0.389 e. The summed E-state index contributed by atoms with van der Waals surface area (Å²) in [7, 11) is -5.87. The van der Waals surface area contributed by atoms with Crippen LogP contribution in [0.3, 0.4) is 0 Å². The quantitative estimate of drug-likeness (QED) is 0.623. The monoisotopic (exact) mass is 256 g/mol. The molecule has 0 aromatic rings. The summed E-state index contributed by atoms with van der Waals surface area (Å²) in [6, 6.07) is 0. The molecule has 0 saturated carbocycles. The number of hydrogen-bond acceptors (Lipinski definition) is 2. The molecule has 0 atom stereocenters. The fourth-order valence-electron chi connectivity index (χ4n) is 0.953. The van der Waals surface area contributed by atoms with Crippen LogP contribution < -0.4 is 0 Å². The van der Waals surface area contributed by atoms with Gasteiger partial charge in [-0.05, 0) is 0 Å². The molecular weight excluding hydrogens is 247 g/mol. The molecule has 0 aromatic heterocycles. The standard InChI is InChI=1S/C6H9F5O3S/c1-4(2,3-5(7,8)9)6(10,11)15(12,13)14/h3H2,1-2H3,(H,12,13,14). The van der Waals surface area contributed by atoms with Crippen molar-refractivity contribution in [3.63, 3.8) is 0 Å². The Morgan fingerprint density at radius 1 is 1.07 bits per heavy atom. The van der Waals surface area contributed by atoms with Crippen LogP contribution in [0, 0.1) is 5.41 Å². The lowest BCUT2D eigenvalue weighted by Crippen LogP contribution is -2.45. The molecule has 3 nitrogen and oxygen atoms in total. The van der Waals surface area contributed by atoms with E-state index in [0.29, 0.717) is 13.8 Å². The maximum atomic E-state index is 12.9. The van der Waals surface area contributed by atoms with Crippen molar-refractivity contribution in [3.05, 3.63) is 0 Å². The number of rotatable bonds is 3. The molecule has 0 heterocycles. The average molecular weight is 256 g/mol. The van der Waals surface area contributed by atoms with E-state index in [-0.39, 0.29) is 0 Å². The van der Waals surface area contributed by atoms with Gasteiger partial charge in [-0.25, -0.2) is 0 Å². The van der Waals surface area contributed by atoms with Crippen LogP contribution in [0.25, 0.3) is 0 Å². The van der Waals surface area contributed by atoms with E-state index >= 15 is 0 Å². The molecule has 0 radical (unpaired) electrons. The smallest absolute Gasteiger partial charge is 0.281 e. The van der Waals surface area contributed by atoms with Crippen molar-refractivity contribution in [1.29, 1.82) is 0 Å². The second-order valence-corrected chi connectivity index (χ2v) is 5.13. The molecule has 0 saturated heterocycles. The summed E-state index contributed by atoms with van der Waals surface area (Å²) in [5.74, 6) is 0. The predicted molar refractivity (Wildman–Crippen MR) is 40.9 cm³/mol. The Morgan fingerprint density at radius 2 is 1.40 bits per heavy atom. The summed E-state index contributed by atoms with van der Waals surface area (Å²) in [4.78, 5) is 0. The first kappa shape index (κ1) is 14.6. The molecule has 0 unspecified atom stereocenters. The number of halogens is 5. The van der Waals surface area contributed by atoms with Crippen LogP contribution in [0.15, 0.2) is 0 Å². The minimum Gasteiger partial charge on any atom is -0.281 e. The van der Waals surface area contributed by atoms with Crippen LogP contribution in [0.4, 0.5) is 22.0 Å². The highest BCUT2D eigenvalue weighted by atomic mass is 32.2. The van der Waals surface area contributed by atoms with Crippen LogP contribution in [-0.4, -0.2) is 24.4 Å². The van der Waals surface area contributed by atoms with E-state index in [1.54, 1.807) is 0 Å². The average Bonchev–Trinajstić information content (AvgIpc) is 1.77. The van der Waals surface area contributed by atoms with Crippen molar-refractivity contribution in [2.75, 3.05) is 0 Å². The molecule has 9 heteroatoms. The fourth-order valence-corrected chi connectivity index (χ4v) is 1.72. The molecular formula is C6H9F5O3S. The molecule has 1 N–H and O–H groups in total. The van der Waals surface area contributed by atoms with Crippen LogP contribution in [0.5, 0.6) is 0 Å². The molecule has 92 valence electrons. The zero-order valence-electron chi connectivity index (χ0n) is 7.77. The second-order valence-electron chi connectivity index (χ2n) is 3.67. The zero-order chi connectivity index (χ0) is 12.7. The lowest BCUT2D eigenvalue weighted by molar-refractivity contribution is -0.180. The molecule has 0 aliphatic carbocycles. The summed E-state index contributed by atoms with van der Waals surface area (Å²) in [5.41, 5.74) is -2.93. The third-order valence-corrected chi connectivity index (χ3v) is 2.95. The van der Waals surface area contributed by atoms with Crippen molar-refractivity contribution in [2.45, 2.75) is 31.7 Å². The molecule has 0 amide bonds. The minimum atomic E-state index is -5.87. The molecule has 0 rings (SSSR count).